The van der Waals surface area contributed by atoms with Crippen LogP contribution in [-0.4, -0.2) is 67.7 Å². The molecule has 0 spiro atoms. The third-order valence-corrected chi connectivity index (χ3v) is 5.57. The van der Waals surface area contributed by atoms with Crippen molar-refractivity contribution in [3.63, 3.8) is 0 Å². The Labute approximate surface area is 144 Å². The van der Waals surface area contributed by atoms with Crippen molar-refractivity contribution in [2.24, 2.45) is 0 Å². The van der Waals surface area contributed by atoms with Gasteiger partial charge in [-0.1, -0.05) is 6.07 Å². The van der Waals surface area contributed by atoms with Crippen LogP contribution in [0.3, 0.4) is 0 Å². The molecule has 1 atom stereocenters. The van der Waals surface area contributed by atoms with Crippen molar-refractivity contribution in [3.8, 4) is 0 Å². The number of thiophene rings is 1. The summed E-state index contributed by atoms with van der Waals surface area (Å²) in [6.07, 6.45) is 0. The predicted octanol–water partition coefficient (Wildman–Crippen LogP) is 0.531. The number of nitrogens with one attached hydrogen (secondary N) is 2. The van der Waals surface area contributed by atoms with E-state index in [0.717, 1.165) is 43.4 Å². The Morgan fingerprint density at radius 3 is 2.83 bits per heavy atom. The lowest BCUT2D eigenvalue weighted by molar-refractivity contribution is -0.126. The van der Waals surface area contributed by atoms with E-state index in [1.54, 1.807) is 11.3 Å². The van der Waals surface area contributed by atoms with Crippen LogP contribution >= 0.6 is 11.3 Å². The van der Waals surface area contributed by atoms with Crippen molar-refractivity contribution < 1.29 is 14.3 Å². The largest absolute Gasteiger partial charge is 0.379 e. The van der Waals surface area contributed by atoms with Crippen LogP contribution in [0.15, 0.2) is 28.8 Å². The quantitative estimate of drug-likeness (QED) is 0.833. The fourth-order valence-corrected chi connectivity index (χ4v) is 4.15. The van der Waals surface area contributed by atoms with Crippen molar-refractivity contribution in [1.29, 1.82) is 0 Å². The first-order valence-electron chi connectivity index (χ1n) is 8.16. The smallest absolute Gasteiger partial charge is 0.319 e. The molecule has 3 aliphatic heterocycles. The SMILES string of the molecule is O=C1NC2=C(C(=O)N(CCN3CCOCC3)C2)C(c2cccs2)N1. The van der Waals surface area contributed by atoms with E-state index < -0.39 is 0 Å². The van der Waals surface area contributed by atoms with E-state index >= 15 is 0 Å². The van der Waals surface area contributed by atoms with Gasteiger partial charge in [-0.2, -0.15) is 0 Å². The molecular weight excluding hydrogens is 328 g/mol. The van der Waals surface area contributed by atoms with E-state index in [9.17, 15) is 9.59 Å². The third-order valence-electron chi connectivity index (χ3n) is 4.64. The molecule has 0 saturated carbocycles. The van der Waals surface area contributed by atoms with Crippen molar-refractivity contribution in [3.05, 3.63) is 33.7 Å². The number of rotatable bonds is 4. The number of urea groups is 1. The number of ether oxygens (including phenoxy) is 1. The molecule has 8 heteroatoms. The second-order valence-corrected chi connectivity index (χ2v) is 7.10. The van der Waals surface area contributed by atoms with E-state index in [4.69, 9.17) is 4.74 Å². The Bertz CT molecular complexity index is 667. The number of hydrogen-bond acceptors (Lipinski definition) is 5. The standard InChI is InChI=1S/C16H20N4O3S/c21-15-13-11(10-20(15)4-3-19-5-7-23-8-6-19)17-16(22)18-14(13)12-2-1-9-24-12/h1-2,9,14H,3-8,10H2,(H2,17,18,22). The zero-order valence-corrected chi connectivity index (χ0v) is 14.1. The molecule has 0 aliphatic carbocycles. The van der Waals surface area contributed by atoms with Crippen LogP contribution in [0.5, 0.6) is 0 Å². The normalized spacial score (nSPS) is 24.8. The minimum absolute atomic E-state index is 0.0177. The number of nitrogens with zero attached hydrogens (tertiary/aromatic N) is 2. The van der Waals surface area contributed by atoms with Gasteiger partial charge in [-0.05, 0) is 11.4 Å². The molecular formula is C16H20N4O3S. The highest BCUT2D eigenvalue weighted by molar-refractivity contribution is 7.10. The van der Waals surface area contributed by atoms with Crippen LogP contribution in [0.1, 0.15) is 10.9 Å². The fraction of sp³-hybridized carbons (Fsp3) is 0.500. The van der Waals surface area contributed by atoms with Crippen LogP contribution in [0.25, 0.3) is 0 Å². The second-order valence-electron chi connectivity index (χ2n) is 6.12. The van der Waals surface area contributed by atoms with E-state index in [2.05, 4.69) is 15.5 Å². The van der Waals surface area contributed by atoms with Crippen molar-refractivity contribution in [2.45, 2.75) is 6.04 Å². The zero-order chi connectivity index (χ0) is 16.5. The summed E-state index contributed by atoms with van der Waals surface area (Å²) in [6, 6.07) is 3.31. The molecule has 1 aromatic rings. The van der Waals surface area contributed by atoms with Gasteiger partial charge in [0.15, 0.2) is 0 Å². The Morgan fingerprint density at radius 1 is 1.25 bits per heavy atom. The molecule has 4 heterocycles. The monoisotopic (exact) mass is 348 g/mol. The maximum absolute atomic E-state index is 12.9. The summed E-state index contributed by atoms with van der Waals surface area (Å²) in [6.45, 7) is 5.30. The zero-order valence-electron chi connectivity index (χ0n) is 13.3. The Morgan fingerprint density at radius 2 is 2.08 bits per heavy atom. The van der Waals surface area contributed by atoms with Gasteiger partial charge in [0.05, 0.1) is 37.1 Å². The van der Waals surface area contributed by atoms with E-state index in [-0.39, 0.29) is 18.0 Å². The molecule has 0 aromatic carbocycles. The Kier molecular flexibility index (Phi) is 4.26. The number of amides is 3. The summed E-state index contributed by atoms with van der Waals surface area (Å²) in [5.41, 5.74) is 1.42. The molecule has 128 valence electrons. The minimum Gasteiger partial charge on any atom is -0.379 e. The molecule has 1 fully saturated rings. The molecule has 24 heavy (non-hydrogen) atoms. The lowest BCUT2D eigenvalue weighted by Crippen LogP contribution is -2.44. The van der Waals surface area contributed by atoms with Gasteiger partial charge in [0.25, 0.3) is 5.91 Å². The number of carbonyl (C=O) groups is 2. The van der Waals surface area contributed by atoms with Crippen molar-refractivity contribution in [1.82, 2.24) is 20.4 Å². The van der Waals surface area contributed by atoms with Gasteiger partial charge in [0, 0.05) is 31.1 Å². The van der Waals surface area contributed by atoms with Gasteiger partial charge < -0.3 is 20.3 Å². The van der Waals surface area contributed by atoms with E-state index in [1.165, 1.54) is 0 Å². The van der Waals surface area contributed by atoms with Gasteiger partial charge in [0.2, 0.25) is 0 Å². The number of hydrogen-bond donors (Lipinski definition) is 2. The van der Waals surface area contributed by atoms with Crippen LogP contribution in [-0.2, 0) is 9.53 Å². The lowest BCUT2D eigenvalue weighted by Gasteiger charge is -2.28. The highest BCUT2D eigenvalue weighted by Crippen LogP contribution is 2.34. The van der Waals surface area contributed by atoms with Gasteiger partial charge in [0.1, 0.15) is 0 Å². The maximum atomic E-state index is 12.9. The predicted molar refractivity (Wildman–Crippen MR) is 89.6 cm³/mol. The minimum atomic E-state index is -0.338. The molecule has 0 bridgehead atoms. The van der Waals surface area contributed by atoms with Crippen LogP contribution in [0.2, 0.25) is 0 Å². The van der Waals surface area contributed by atoms with Crippen molar-refractivity contribution >= 4 is 23.3 Å². The van der Waals surface area contributed by atoms with Crippen molar-refractivity contribution in [2.75, 3.05) is 45.9 Å². The van der Waals surface area contributed by atoms with Crippen LogP contribution < -0.4 is 10.6 Å². The first-order chi connectivity index (χ1) is 11.7. The summed E-state index contributed by atoms with van der Waals surface area (Å²) in [5.74, 6) is 0.0177. The topological polar surface area (TPSA) is 73.9 Å². The summed E-state index contributed by atoms with van der Waals surface area (Å²) >= 11 is 1.55. The van der Waals surface area contributed by atoms with E-state index in [1.807, 2.05) is 22.4 Å². The summed E-state index contributed by atoms with van der Waals surface area (Å²) < 4.78 is 5.35. The van der Waals surface area contributed by atoms with Gasteiger partial charge in [-0.25, -0.2) is 4.79 Å². The number of morpholine rings is 1. The molecule has 1 unspecified atom stereocenters. The van der Waals surface area contributed by atoms with Crippen LogP contribution in [0, 0.1) is 0 Å². The highest BCUT2D eigenvalue weighted by Gasteiger charge is 2.40. The summed E-state index contributed by atoms with van der Waals surface area (Å²) in [5, 5.41) is 7.64. The average Bonchev–Trinajstić information content (AvgIpc) is 3.22. The molecule has 1 saturated heterocycles. The Balaban J connectivity index is 1.47. The molecule has 4 rings (SSSR count). The van der Waals surface area contributed by atoms with Gasteiger partial charge in [-0.15, -0.1) is 11.3 Å². The van der Waals surface area contributed by atoms with Gasteiger partial charge in [-0.3, -0.25) is 9.69 Å². The summed E-state index contributed by atoms with van der Waals surface area (Å²) in [7, 11) is 0. The molecule has 3 amide bonds. The lowest BCUT2D eigenvalue weighted by atomic mass is 10.0. The molecule has 1 aromatic heterocycles. The second kappa shape index (κ2) is 6.54. The number of carbonyl (C=O) groups excluding carboxylic acids is 2. The molecule has 2 N–H and O–H groups in total. The first kappa shape index (κ1) is 15.6. The van der Waals surface area contributed by atoms with Gasteiger partial charge >= 0.3 is 6.03 Å². The summed E-state index contributed by atoms with van der Waals surface area (Å²) in [4.78, 5) is 29.9. The molecule has 3 aliphatic rings. The Hall–Kier alpha value is -1.90. The fourth-order valence-electron chi connectivity index (χ4n) is 3.36. The third kappa shape index (κ3) is 2.92. The average molecular weight is 348 g/mol. The molecule has 7 nitrogen and oxygen atoms in total. The first-order valence-corrected chi connectivity index (χ1v) is 9.03. The highest BCUT2D eigenvalue weighted by atomic mass is 32.1. The molecule has 0 radical (unpaired) electrons. The van der Waals surface area contributed by atoms with E-state index in [0.29, 0.717) is 18.7 Å². The maximum Gasteiger partial charge on any atom is 0.319 e. The van der Waals surface area contributed by atoms with Crippen LogP contribution in [0.4, 0.5) is 4.79 Å².